The molecule has 0 fully saturated rings. The number of carbonyl (C=O) groups excluding carboxylic acids is 1. The van der Waals surface area contributed by atoms with Crippen LogP contribution < -0.4 is 5.32 Å². The Kier molecular flexibility index (Phi) is 7.40. The SMILES string of the molecule is CCOC(=O)C(/C=C(\C)CP(=O)(O)O)NC(C)C. The second-order valence-electron chi connectivity index (χ2n) is 4.39. The van der Waals surface area contributed by atoms with E-state index in [4.69, 9.17) is 14.5 Å². The van der Waals surface area contributed by atoms with E-state index in [1.165, 1.54) is 6.08 Å². The fraction of sp³-hybridized carbons (Fsp3) is 0.727. The van der Waals surface area contributed by atoms with Crippen molar-refractivity contribution in [3.63, 3.8) is 0 Å². The summed E-state index contributed by atoms with van der Waals surface area (Å²) in [5.41, 5.74) is 0.453. The van der Waals surface area contributed by atoms with Crippen LogP contribution in [0.3, 0.4) is 0 Å². The molecule has 0 spiro atoms. The predicted molar refractivity (Wildman–Crippen MR) is 69.4 cm³/mol. The summed E-state index contributed by atoms with van der Waals surface area (Å²) >= 11 is 0. The third-order valence-corrected chi connectivity index (χ3v) is 2.87. The zero-order chi connectivity index (χ0) is 14.3. The number of allylic oxidation sites excluding steroid dienone is 1. The summed E-state index contributed by atoms with van der Waals surface area (Å²) in [7, 11) is -4.11. The molecule has 7 heteroatoms. The van der Waals surface area contributed by atoms with Gasteiger partial charge >= 0.3 is 13.6 Å². The maximum absolute atomic E-state index is 11.7. The summed E-state index contributed by atoms with van der Waals surface area (Å²) in [4.78, 5) is 29.4. The molecule has 0 aliphatic carbocycles. The molecule has 0 rings (SSSR count). The van der Waals surface area contributed by atoms with Crippen molar-refractivity contribution in [2.24, 2.45) is 0 Å². The summed E-state index contributed by atoms with van der Waals surface area (Å²) < 4.78 is 15.8. The minimum atomic E-state index is -4.11. The Morgan fingerprint density at radius 3 is 2.39 bits per heavy atom. The lowest BCUT2D eigenvalue weighted by Gasteiger charge is -2.17. The van der Waals surface area contributed by atoms with Crippen LogP contribution in [0.15, 0.2) is 11.6 Å². The predicted octanol–water partition coefficient (Wildman–Crippen LogP) is 1.04. The highest BCUT2D eigenvalue weighted by atomic mass is 31.2. The molecule has 0 aliphatic rings. The van der Waals surface area contributed by atoms with E-state index in [0.29, 0.717) is 5.57 Å². The Bertz CT molecular complexity index is 347. The highest BCUT2D eigenvalue weighted by molar-refractivity contribution is 7.52. The van der Waals surface area contributed by atoms with Crippen LogP contribution in [0.1, 0.15) is 27.7 Å². The van der Waals surface area contributed by atoms with Gasteiger partial charge in [-0.3, -0.25) is 14.7 Å². The van der Waals surface area contributed by atoms with Gasteiger partial charge in [-0.15, -0.1) is 0 Å². The molecule has 0 aromatic rings. The summed E-state index contributed by atoms with van der Waals surface area (Å²) in [6.45, 7) is 7.29. The Labute approximate surface area is 108 Å². The molecule has 0 saturated carbocycles. The summed E-state index contributed by atoms with van der Waals surface area (Å²) in [6.07, 6.45) is 1.14. The molecule has 6 nitrogen and oxygen atoms in total. The van der Waals surface area contributed by atoms with Crippen molar-refractivity contribution in [1.29, 1.82) is 0 Å². The first kappa shape index (κ1) is 17.3. The van der Waals surface area contributed by atoms with Crippen LogP contribution in [0.2, 0.25) is 0 Å². The molecule has 1 atom stereocenters. The van der Waals surface area contributed by atoms with E-state index in [-0.39, 0.29) is 18.8 Å². The van der Waals surface area contributed by atoms with Crippen LogP contribution >= 0.6 is 7.60 Å². The van der Waals surface area contributed by atoms with E-state index in [2.05, 4.69) is 5.32 Å². The first-order valence-corrected chi connectivity index (χ1v) is 7.60. The van der Waals surface area contributed by atoms with E-state index in [9.17, 15) is 9.36 Å². The lowest BCUT2D eigenvalue weighted by molar-refractivity contribution is -0.144. The van der Waals surface area contributed by atoms with Crippen molar-refractivity contribution < 1.29 is 23.9 Å². The van der Waals surface area contributed by atoms with Crippen LogP contribution in [-0.4, -0.2) is 40.6 Å². The van der Waals surface area contributed by atoms with Gasteiger partial charge in [-0.2, -0.15) is 0 Å². The monoisotopic (exact) mass is 279 g/mol. The van der Waals surface area contributed by atoms with Gasteiger partial charge in [0.2, 0.25) is 0 Å². The zero-order valence-corrected chi connectivity index (χ0v) is 12.1. The number of nitrogens with one attached hydrogen (secondary N) is 1. The summed E-state index contributed by atoms with van der Waals surface area (Å²) in [5, 5.41) is 2.98. The van der Waals surface area contributed by atoms with Gasteiger partial charge in [0, 0.05) is 6.04 Å². The van der Waals surface area contributed by atoms with Gasteiger partial charge in [0.25, 0.3) is 0 Å². The first-order chi connectivity index (χ1) is 8.15. The first-order valence-electron chi connectivity index (χ1n) is 5.80. The van der Waals surface area contributed by atoms with Gasteiger partial charge in [-0.25, -0.2) is 0 Å². The maximum Gasteiger partial charge on any atom is 0.329 e. The highest BCUT2D eigenvalue weighted by Crippen LogP contribution is 2.36. The quantitative estimate of drug-likeness (QED) is 0.366. The fourth-order valence-corrected chi connectivity index (χ4v) is 2.19. The second-order valence-corrected chi connectivity index (χ2v) is 6.03. The van der Waals surface area contributed by atoms with Gasteiger partial charge in [-0.1, -0.05) is 11.6 Å². The molecule has 0 saturated heterocycles. The summed E-state index contributed by atoms with van der Waals surface area (Å²) in [6, 6.07) is -0.630. The molecule has 0 amide bonds. The topological polar surface area (TPSA) is 95.9 Å². The van der Waals surface area contributed by atoms with Gasteiger partial charge < -0.3 is 14.5 Å². The smallest absolute Gasteiger partial charge is 0.329 e. The average Bonchev–Trinajstić information content (AvgIpc) is 2.13. The molecule has 0 aliphatic heterocycles. The Hall–Kier alpha value is -0.680. The molecule has 0 aromatic carbocycles. The largest absolute Gasteiger partial charge is 0.465 e. The van der Waals surface area contributed by atoms with Gasteiger partial charge in [0.1, 0.15) is 6.04 Å². The van der Waals surface area contributed by atoms with E-state index in [1.54, 1.807) is 13.8 Å². The van der Waals surface area contributed by atoms with Crippen molar-refractivity contribution in [3.8, 4) is 0 Å². The minimum Gasteiger partial charge on any atom is -0.465 e. The maximum atomic E-state index is 11.7. The molecular weight excluding hydrogens is 257 g/mol. The van der Waals surface area contributed by atoms with Crippen molar-refractivity contribution in [3.05, 3.63) is 11.6 Å². The molecule has 0 radical (unpaired) electrons. The van der Waals surface area contributed by atoms with Crippen molar-refractivity contribution in [2.45, 2.75) is 39.8 Å². The Morgan fingerprint density at radius 2 is 2.00 bits per heavy atom. The van der Waals surface area contributed by atoms with E-state index in [1.807, 2.05) is 13.8 Å². The highest BCUT2D eigenvalue weighted by Gasteiger charge is 2.20. The molecule has 0 bridgehead atoms. The molecule has 0 heterocycles. The number of esters is 1. The number of hydrogen-bond donors (Lipinski definition) is 3. The van der Waals surface area contributed by atoms with Gasteiger partial charge in [-0.05, 0) is 27.7 Å². The molecule has 0 aromatic heterocycles. The summed E-state index contributed by atoms with van der Waals surface area (Å²) in [5.74, 6) is -0.448. The molecule has 3 N–H and O–H groups in total. The van der Waals surface area contributed by atoms with Crippen LogP contribution in [0.25, 0.3) is 0 Å². The third-order valence-electron chi connectivity index (χ3n) is 1.96. The van der Waals surface area contributed by atoms with E-state index in [0.717, 1.165) is 0 Å². The Balaban J connectivity index is 4.81. The minimum absolute atomic E-state index is 0.0542. The van der Waals surface area contributed by atoms with Gasteiger partial charge in [0.15, 0.2) is 0 Å². The van der Waals surface area contributed by atoms with E-state index < -0.39 is 19.6 Å². The number of carbonyl (C=O) groups is 1. The normalized spacial score (nSPS) is 14.7. The van der Waals surface area contributed by atoms with Crippen LogP contribution in [0.4, 0.5) is 0 Å². The number of rotatable bonds is 7. The lowest BCUT2D eigenvalue weighted by Crippen LogP contribution is -2.40. The molecule has 18 heavy (non-hydrogen) atoms. The second kappa shape index (κ2) is 7.69. The molecule has 106 valence electrons. The van der Waals surface area contributed by atoms with Crippen LogP contribution in [0, 0.1) is 0 Å². The number of ether oxygens (including phenoxy) is 1. The van der Waals surface area contributed by atoms with Crippen molar-refractivity contribution in [2.75, 3.05) is 12.8 Å². The zero-order valence-electron chi connectivity index (χ0n) is 11.2. The number of hydrogen-bond acceptors (Lipinski definition) is 4. The van der Waals surface area contributed by atoms with Crippen molar-refractivity contribution >= 4 is 13.6 Å². The molecular formula is C11H22NO5P. The molecule has 1 unspecified atom stereocenters. The standard InChI is InChI=1S/C11H22NO5P/c1-5-17-11(13)10(12-8(2)3)6-9(4)7-18(14,15)16/h6,8,10,12H,5,7H2,1-4H3,(H2,14,15,16)/b9-6+. The van der Waals surface area contributed by atoms with Gasteiger partial charge in [0.05, 0.1) is 12.8 Å². The third kappa shape index (κ3) is 8.42. The van der Waals surface area contributed by atoms with Crippen LogP contribution in [0.5, 0.6) is 0 Å². The van der Waals surface area contributed by atoms with E-state index >= 15 is 0 Å². The van der Waals surface area contributed by atoms with Crippen molar-refractivity contribution in [1.82, 2.24) is 5.32 Å². The lowest BCUT2D eigenvalue weighted by atomic mass is 10.2. The Morgan fingerprint density at radius 1 is 1.44 bits per heavy atom. The average molecular weight is 279 g/mol. The fourth-order valence-electron chi connectivity index (χ4n) is 1.44. The van der Waals surface area contributed by atoms with Crippen LogP contribution in [-0.2, 0) is 14.1 Å².